The second-order valence-electron chi connectivity index (χ2n) is 2.86. The maximum Gasteiger partial charge on any atom is 0.324 e. The number of nitrogens with zero attached hydrogens (tertiary/aromatic N) is 1. The molecular formula is C8H9F4N3. The molecule has 1 aromatic heterocycles. The molecule has 0 bridgehead atoms. The molecule has 3 N–H and O–H groups in total. The number of rotatable bonds is 4. The molecule has 0 aliphatic carbocycles. The number of nitrogen functional groups attached to an aromatic ring is 1. The summed E-state index contributed by atoms with van der Waals surface area (Å²) in [6.45, 7) is -1.20. The Labute approximate surface area is 83.3 Å². The normalized spacial score (nSPS) is 11.8. The summed E-state index contributed by atoms with van der Waals surface area (Å²) in [5, 5.41) is 2.07. The molecular weight excluding hydrogens is 214 g/mol. The van der Waals surface area contributed by atoms with E-state index in [0.29, 0.717) is 0 Å². The number of halogens is 4. The van der Waals surface area contributed by atoms with Gasteiger partial charge in [-0.05, 0) is 12.1 Å². The van der Waals surface area contributed by atoms with E-state index in [1.165, 1.54) is 18.3 Å². The molecule has 0 saturated heterocycles. The van der Waals surface area contributed by atoms with Crippen molar-refractivity contribution in [2.75, 3.05) is 17.6 Å². The maximum absolute atomic E-state index is 12.5. The molecule has 0 aliphatic rings. The highest BCUT2D eigenvalue weighted by molar-refractivity contribution is 5.60. The van der Waals surface area contributed by atoms with E-state index < -0.39 is 18.9 Å². The fraction of sp³-hybridized carbons (Fsp3) is 0.375. The summed E-state index contributed by atoms with van der Waals surface area (Å²) in [6, 6.07) is 2.93. The Hall–Kier alpha value is -1.53. The van der Waals surface area contributed by atoms with Crippen molar-refractivity contribution in [3.05, 3.63) is 18.3 Å². The van der Waals surface area contributed by atoms with Gasteiger partial charge in [0.1, 0.15) is 5.82 Å². The van der Waals surface area contributed by atoms with Gasteiger partial charge in [-0.25, -0.2) is 13.8 Å². The lowest BCUT2D eigenvalue weighted by molar-refractivity contribution is -0.117. The predicted octanol–water partition coefficient (Wildman–Crippen LogP) is 1.98. The van der Waals surface area contributed by atoms with Crippen LogP contribution in [0.1, 0.15) is 0 Å². The van der Waals surface area contributed by atoms with E-state index in [1.807, 2.05) is 0 Å². The molecule has 0 spiro atoms. The zero-order valence-electron chi connectivity index (χ0n) is 7.55. The highest BCUT2D eigenvalue weighted by Gasteiger charge is 2.40. The Kier molecular flexibility index (Phi) is 3.33. The Morgan fingerprint density at radius 2 is 2.13 bits per heavy atom. The number of alkyl halides is 4. The number of pyridine rings is 1. The van der Waals surface area contributed by atoms with Crippen molar-refractivity contribution in [2.45, 2.75) is 12.3 Å². The molecule has 3 nitrogen and oxygen atoms in total. The first-order chi connectivity index (χ1) is 6.93. The molecule has 1 rings (SSSR count). The van der Waals surface area contributed by atoms with Crippen molar-refractivity contribution < 1.29 is 17.6 Å². The lowest BCUT2D eigenvalue weighted by atomic mass is 10.3. The molecule has 84 valence electrons. The molecule has 0 atom stereocenters. The van der Waals surface area contributed by atoms with Gasteiger partial charge in [-0.2, -0.15) is 8.78 Å². The zero-order chi connectivity index (χ0) is 11.5. The second-order valence-corrected chi connectivity index (χ2v) is 2.86. The summed E-state index contributed by atoms with van der Waals surface area (Å²) in [4.78, 5) is 3.63. The van der Waals surface area contributed by atoms with Crippen LogP contribution in [0.15, 0.2) is 18.3 Å². The minimum Gasteiger partial charge on any atom is -0.396 e. The van der Waals surface area contributed by atoms with Crippen molar-refractivity contribution in [3.8, 4) is 0 Å². The minimum atomic E-state index is -4.09. The van der Waals surface area contributed by atoms with Crippen LogP contribution in [0.5, 0.6) is 0 Å². The van der Waals surface area contributed by atoms with Crippen molar-refractivity contribution in [1.82, 2.24) is 4.98 Å². The largest absolute Gasteiger partial charge is 0.396 e. The van der Waals surface area contributed by atoms with E-state index in [1.54, 1.807) is 0 Å². The van der Waals surface area contributed by atoms with E-state index in [9.17, 15) is 17.6 Å². The molecule has 0 saturated carbocycles. The van der Waals surface area contributed by atoms with Gasteiger partial charge >= 0.3 is 12.3 Å². The molecule has 0 aliphatic heterocycles. The standard InChI is InChI=1S/C8H9F4N3/c9-7(10)8(11,12)4-15-6-5(13)2-1-3-14-6/h1-3,7H,4,13H2,(H,14,15). The first kappa shape index (κ1) is 11.5. The Balaban J connectivity index is 2.62. The third-order valence-corrected chi connectivity index (χ3v) is 1.65. The highest BCUT2D eigenvalue weighted by Crippen LogP contribution is 2.24. The van der Waals surface area contributed by atoms with Gasteiger partial charge < -0.3 is 11.1 Å². The van der Waals surface area contributed by atoms with Crippen LogP contribution in [0, 0.1) is 0 Å². The summed E-state index contributed by atoms with van der Waals surface area (Å²) in [5.41, 5.74) is 5.50. The molecule has 15 heavy (non-hydrogen) atoms. The molecule has 7 heteroatoms. The van der Waals surface area contributed by atoms with Crippen LogP contribution in [0.2, 0.25) is 0 Å². The maximum atomic E-state index is 12.5. The van der Waals surface area contributed by atoms with Crippen molar-refractivity contribution in [2.24, 2.45) is 0 Å². The second kappa shape index (κ2) is 4.33. The van der Waals surface area contributed by atoms with E-state index in [2.05, 4.69) is 10.3 Å². The number of anilines is 2. The first-order valence-electron chi connectivity index (χ1n) is 4.04. The Morgan fingerprint density at radius 3 is 2.67 bits per heavy atom. The van der Waals surface area contributed by atoms with Crippen LogP contribution in [-0.4, -0.2) is 23.9 Å². The van der Waals surface area contributed by atoms with Gasteiger partial charge in [-0.15, -0.1) is 0 Å². The first-order valence-corrected chi connectivity index (χ1v) is 4.04. The van der Waals surface area contributed by atoms with Gasteiger partial charge in [0, 0.05) is 6.20 Å². The molecule has 0 amide bonds. The van der Waals surface area contributed by atoms with Gasteiger partial charge in [0.2, 0.25) is 0 Å². The third kappa shape index (κ3) is 2.97. The van der Waals surface area contributed by atoms with Crippen molar-refractivity contribution in [1.29, 1.82) is 0 Å². The Morgan fingerprint density at radius 1 is 1.47 bits per heavy atom. The summed E-state index contributed by atoms with van der Waals surface area (Å²) in [7, 11) is 0. The highest BCUT2D eigenvalue weighted by atomic mass is 19.3. The number of hydrogen-bond acceptors (Lipinski definition) is 3. The number of nitrogens with two attached hydrogens (primary N) is 1. The van der Waals surface area contributed by atoms with E-state index >= 15 is 0 Å². The molecule has 1 heterocycles. The molecule has 0 radical (unpaired) electrons. The lowest BCUT2D eigenvalue weighted by Crippen LogP contribution is -2.35. The summed E-state index contributed by atoms with van der Waals surface area (Å²) in [5.74, 6) is -4.12. The van der Waals surface area contributed by atoms with Gasteiger partial charge in [0.25, 0.3) is 0 Å². The number of nitrogens with one attached hydrogen (secondary N) is 1. The smallest absolute Gasteiger partial charge is 0.324 e. The molecule has 0 fully saturated rings. The van der Waals surface area contributed by atoms with Crippen LogP contribution in [-0.2, 0) is 0 Å². The van der Waals surface area contributed by atoms with E-state index in [4.69, 9.17) is 5.73 Å². The van der Waals surface area contributed by atoms with Crippen molar-refractivity contribution in [3.63, 3.8) is 0 Å². The third-order valence-electron chi connectivity index (χ3n) is 1.65. The van der Waals surface area contributed by atoms with Gasteiger partial charge in [-0.3, -0.25) is 0 Å². The van der Waals surface area contributed by atoms with Crippen LogP contribution >= 0.6 is 0 Å². The SMILES string of the molecule is Nc1cccnc1NCC(F)(F)C(F)F. The fourth-order valence-corrected chi connectivity index (χ4v) is 0.844. The number of hydrogen-bond donors (Lipinski definition) is 2. The topological polar surface area (TPSA) is 50.9 Å². The predicted molar refractivity (Wildman–Crippen MR) is 48.1 cm³/mol. The summed E-state index contributed by atoms with van der Waals surface area (Å²) < 4.78 is 48.5. The fourth-order valence-electron chi connectivity index (χ4n) is 0.844. The minimum absolute atomic E-state index is 0.0298. The average molecular weight is 223 g/mol. The van der Waals surface area contributed by atoms with Crippen LogP contribution in [0.4, 0.5) is 29.1 Å². The summed E-state index contributed by atoms with van der Waals surface area (Å²) in [6.07, 6.45) is -2.39. The molecule has 0 aromatic carbocycles. The molecule has 1 aromatic rings. The van der Waals surface area contributed by atoms with Crippen molar-refractivity contribution >= 4 is 11.5 Å². The van der Waals surface area contributed by atoms with E-state index in [-0.39, 0.29) is 11.5 Å². The molecule has 0 unspecified atom stereocenters. The van der Waals surface area contributed by atoms with E-state index in [0.717, 1.165) is 0 Å². The zero-order valence-corrected chi connectivity index (χ0v) is 7.55. The monoisotopic (exact) mass is 223 g/mol. The quantitative estimate of drug-likeness (QED) is 0.767. The van der Waals surface area contributed by atoms with Crippen LogP contribution < -0.4 is 11.1 Å². The lowest BCUT2D eigenvalue weighted by Gasteiger charge is -2.16. The number of aromatic nitrogens is 1. The average Bonchev–Trinajstić information content (AvgIpc) is 2.16. The van der Waals surface area contributed by atoms with Crippen LogP contribution in [0.25, 0.3) is 0 Å². The Bertz CT molecular complexity index is 329. The van der Waals surface area contributed by atoms with Crippen LogP contribution in [0.3, 0.4) is 0 Å². The summed E-state index contributed by atoms with van der Waals surface area (Å²) >= 11 is 0. The van der Waals surface area contributed by atoms with Gasteiger partial charge in [-0.1, -0.05) is 0 Å². The van der Waals surface area contributed by atoms with Gasteiger partial charge in [0.05, 0.1) is 12.2 Å². The van der Waals surface area contributed by atoms with Gasteiger partial charge in [0.15, 0.2) is 0 Å².